The minimum Gasteiger partial charge on any atom is -0.444 e. The molecule has 1 N–H and O–H groups in total. The Morgan fingerprint density at radius 2 is 1.84 bits per heavy atom. The Labute approximate surface area is 182 Å². The molecule has 0 unspecified atom stereocenters. The van der Waals surface area contributed by atoms with Crippen LogP contribution in [0.25, 0.3) is 22.1 Å². The summed E-state index contributed by atoms with van der Waals surface area (Å²) in [6, 6.07) is 8.64. The summed E-state index contributed by atoms with van der Waals surface area (Å²) in [7, 11) is 2.20. The van der Waals surface area contributed by atoms with Crippen LogP contribution in [0.3, 0.4) is 0 Å². The van der Waals surface area contributed by atoms with E-state index in [4.69, 9.17) is 4.42 Å². The third-order valence-electron chi connectivity index (χ3n) is 6.79. The molecule has 2 saturated heterocycles. The van der Waals surface area contributed by atoms with Crippen LogP contribution in [0.15, 0.2) is 47.5 Å². The first-order valence-electron chi connectivity index (χ1n) is 11.2. The largest absolute Gasteiger partial charge is 0.444 e. The summed E-state index contributed by atoms with van der Waals surface area (Å²) < 4.78 is 5.40. The van der Waals surface area contributed by atoms with Gasteiger partial charge >= 0.3 is 0 Å². The number of hydrogen-bond donors (Lipinski definition) is 1. The van der Waals surface area contributed by atoms with Gasteiger partial charge < -0.3 is 19.5 Å². The van der Waals surface area contributed by atoms with E-state index in [0.717, 1.165) is 48.0 Å². The summed E-state index contributed by atoms with van der Waals surface area (Å²) in [5, 5.41) is 5.08. The van der Waals surface area contributed by atoms with Gasteiger partial charge in [-0.05, 0) is 76.4 Å². The van der Waals surface area contributed by atoms with Crippen LogP contribution in [0.1, 0.15) is 25.7 Å². The number of benzene rings is 1. The highest BCUT2D eigenvalue weighted by Crippen LogP contribution is 2.27. The minimum absolute atomic E-state index is 0.0561. The zero-order valence-corrected chi connectivity index (χ0v) is 18.0. The van der Waals surface area contributed by atoms with E-state index >= 15 is 0 Å². The van der Waals surface area contributed by atoms with Crippen LogP contribution in [0.2, 0.25) is 0 Å². The Hall–Kier alpha value is -2.77. The second kappa shape index (κ2) is 8.77. The number of nitrogens with zero attached hydrogens (tertiary/aromatic N) is 4. The molecule has 5 rings (SSSR count). The van der Waals surface area contributed by atoms with E-state index in [0.29, 0.717) is 11.9 Å². The number of carbonyl (C=O) groups is 1. The van der Waals surface area contributed by atoms with Crippen molar-refractivity contribution in [1.29, 1.82) is 0 Å². The average molecular weight is 420 g/mol. The highest BCUT2D eigenvalue weighted by molar-refractivity contribution is 5.95. The molecule has 3 aromatic rings. The normalized spacial score (nSPS) is 19.6. The molecule has 0 aliphatic carbocycles. The summed E-state index contributed by atoms with van der Waals surface area (Å²) in [6.07, 6.45) is 9.24. The zero-order chi connectivity index (χ0) is 21.2. The topological polar surface area (TPSA) is 74.5 Å². The lowest BCUT2D eigenvalue weighted by molar-refractivity contribution is -0.121. The van der Waals surface area contributed by atoms with Crippen LogP contribution in [-0.2, 0) is 4.79 Å². The number of hydrogen-bond acceptors (Lipinski definition) is 6. The van der Waals surface area contributed by atoms with Crippen LogP contribution >= 0.6 is 0 Å². The third kappa shape index (κ3) is 4.48. The van der Waals surface area contributed by atoms with Gasteiger partial charge in [0.25, 0.3) is 0 Å². The van der Waals surface area contributed by atoms with E-state index in [1.807, 2.05) is 24.3 Å². The molecule has 4 heterocycles. The zero-order valence-electron chi connectivity index (χ0n) is 18.0. The van der Waals surface area contributed by atoms with Crippen LogP contribution in [0.4, 0.5) is 5.82 Å². The molecule has 31 heavy (non-hydrogen) atoms. The first-order valence-corrected chi connectivity index (χ1v) is 11.2. The van der Waals surface area contributed by atoms with Crippen molar-refractivity contribution in [3.05, 3.63) is 43.1 Å². The lowest BCUT2D eigenvalue weighted by Gasteiger charge is -2.40. The van der Waals surface area contributed by atoms with Gasteiger partial charge in [0.15, 0.2) is 12.2 Å². The fourth-order valence-electron chi connectivity index (χ4n) is 4.84. The monoisotopic (exact) mass is 419 g/mol. The molecule has 2 aromatic heterocycles. The number of carbonyl (C=O) groups excluding carboxylic acids is 1. The molecule has 162 valence electrons. The summed E-state index contributed by atoms with van der Waals surface area (Å²) in [5.74, 6) is 1.47. The maximum Gasteiger partial charge on any atom is 0.228 e. The van der Waals surface area contributed by atoms with Gasteiger partial charge in [-0.3, -0.25) is 4.79 Å². The van der Waals surface area contributed by atoms with Crippen molar-refractivity contribution in [3.8, 4) is 11.3 Å². The number of piperidine rings is 2. The number of amides is 1. The van der Waals surface area contributed by atoms with Crippen molar-refractivity contribution in [2.75, 3.05) is 38.5 Å². The van der Waals surface area contributed by atoms with Crippen molar-refractivity contribution in [3.63, 3.8) is 0 Å². The lowest BCUT2D eigenvalue weighted by Crippen LogP contribution is -2.48. The minimum atomic E-state index is 0.0561. The van der Waals surface area contributed by atoms with Gasteiger partial charge in [-0.1, -0.05) is 12.1 Å². The van der Waals surface area contributed by atoms with Crippen molar-refractivity contribution in [2.24, 2.45) is 5.92 Å². The lowest BCUT2D eigenvalue weighted by atomic mass is 9.93. The molecule has 0 saturated carbocycles. The number of likely N-dealkylation sites (tertiary alicyclic amines) is 2. The van der Waals surface area contributed by atoms with E-state index in [1.165, 1.54) is 32.3 Å². The highest BCUT2D eigenvalue weighted by Gasteiger charge is 2.30. The van der Waals surface area contributed by atoms with E-state index in [9.17, 15) is 4.79 Å². The molecule has 2 fully saturated rings. The molecular formula is C24H29N5O2. The molecule has 7 heteroatoms. The van der Waals surface area contributed by atoms with Crippen molar-refractivity contribution < 1.29 is 9.21 Å². The predicted octanol–water partition coefficient (Wildman–Crippen LogP) is 3.63. The second-order valence-corrected chi connectivity index (χ2v) is 8.83. The van der Waals surface area contributed by atoms with E-state index in [1.54, 1.807) is 12.4 Å². The summed E-state index contributed by atoms with van der Waals surface area (Å²) in [5.41, 5.74) is 0.953. The summed E-state index contributed by atoms with van der Waals surface area (Å²) in [4.78, 5) is 26.3. The van der Waals surface area contributed by atoms with Gasteiger partial charge in [-0.2, -0.15) is 0 Å². The van der Waals surface area contributed by atoms with E-state index < -0.39 is 0 Å². The molecule has 2 aliphatic rings. The van der Waals surface area contributed by atoms with Gasteiger partial charge in [0.1, 0.15) is 5.82 Å². The second-order valence-electron chi connectivity index (χ2n) is 8.83. The number of fused-ring (bicyclic) bond motifs is 1. The van der Waals surface area contributed by atoms with E-state index in [-0.39, 0.29) is 11.8 Å². The molecule has 0 radical (unpaired) electrons. The third-order valence-corrected chi connectivity index (χ3v) is 6.79. The van der Waals surface area contributed by atoms with Crippen LogP contribution in [0.5, 0.6) is 0 Å². The smallest absolute Gasteiger partial charge is 0.228 e. The molecule has 1 amide bonds. The fraction of sp³-hybridized carbons (Fsp3) is 0.458. The Kier molecular flexibility index (Phi) is 5.70. The molecule has 0 spiro atoms. The Morgan fingerprint density at radius 1 is 1.03 bits per heavy atom. The number of anilines is 1. The Bertz CT molecular complexity index is 1040. The first kappa shape index (κ1) is 20.2. The SMILES string of the molecule is CN1CCC(N2CCC(C(=O)Nc3cc4cc(-c5cnco5)ccc4cn3)CC2)CC1. The van der Waals surface area contributed by atoms with Crippen molar-refractivity contribution in [1.82, 2.24) is 19.8 Å². The van der Waals surface area contributed by atoms with Crippen LogP contribution < -0.4 is 5.32 Å². The van der Waals surface area contributed by atoms with Gasteiger partial charge in [-0.15, -0.1) is 0 Å². The summed E-state index contributed by atoms with van der Waals surface area (Å²) >= 11 is 0. The average Bonchev–Trinajstić information content (AvgIpc) is 3.34. The number of aromatic nitrogens is 2. The first-order chi connectivity index (χ1) is 15.2. The molecule has 1 aromatic carbocycles. The van der Waals surface area contributed by atoms with Gasteiger partial charge in [0.05, 0.1) is 6.20 Å². The Balaban J connectivity index is 1.21. The van der Waals surface area contributed by atoms with Gasteiger partial charge in [0, 0.05) is 29.1 Å². The maximum atomic E-state index is 12.9. The molecular weight excluding hydrogens is 390 g/mol. The van der Waals surface area contributed by atoms with Gasteiger partial charge in [0.2, 0.25) is 5.91 Å². The Morgan fingerprint density at radius 3 is 2.58 bits per heavy atom. The quantitative estimate of drug-likeness (QED) is 0.696. The molecule has 0 atom stereocenters. The number of pyridine rings is 1. The number of oxazole rings is 1. The predicted molar refractivity (Wildman–Crippen MR) is 121 cm³/mol. The maximum absolute atomic E-state index is 12.9. The van der Waals surface area contributed by atoms with Crippen LogP contribution in [0, 0.1) is 5.92 Å². The van der Waals surface area contributed by atoms with E-state index in [2.05, 4.69) is 32.1 Å². The molecule has 7 nitrogen and oxygen atoms in total. The standard InChI is InChI=1S/C24H29N5O2/c1-28-8-6-21(7-9-28)29-10-4-17(5-11-29)24(30)27-23-13-20-12-18(22-15-25-16-31-22)2-3-19(20)14-26-23/h2-3,12-17,21H,4-11H2,1H3,(H,26,27,30). The van der Waals surface area contributed by atoms with Crippen LogP contribution in [-0.4, -0.2) is 64.9 Å². The van der Waals surface area contributed by atoms with Gasteiger partial charge in [-0.25, -0.2) is 9.97 Å². The van der Waals surface area contributed by atoms with Crippen molar-refractivity contribution in [2.45, 2.75) is 31.7 Å². The van der Waals surface area contributed by atoms with Crippen molar-refractivity contribution >= 4 is 22.5 Å². The fourth-order valence-corrected chi connectivity index (χ4v) is 4.84. The number of rotatable bonds is 4. The molecule has 2 aliphatic heterocycles. The number of nitrogens with one attached hydrogen (secondary N) is 1. The highest BCUT2D eigenvalue weighted by atomic mass is 16.3. The summed E-state index contributed by atoms with van der Waals surface area (Å²) in [6.45, 7) is 4.38. The molecule has 0 bridgehead atoms.